The predicted octanol–water partition coefficient (Wildman–Crippen LogP) is 0.963. The predicted molar refractivity (Wildman–Crippen MR) is 98.1 cm³/mol. The van der Waals surface area contributed by atoms with Gasteiger partial charge in [-0.15, -0.1) is 0 Å². The Balaban J connectivity index is 1.40. The van der Waals surface area contributed by atoms with Gasteiger partial charge >= 0.3 is 0 Å². The summed E-state index contributed by atoms with van der Waals surface area (Å²) in [6, 6.07) is 7.00. The van der Waals surface area contributed by atoms with E-state index < -0.39 is 12.1 Å². The van der Waals surface area contributed by atoms with E-state index in [4.69, 9.17) is 0 Å². The molecule has 0 saturated carbocycles. The largest absolute Gasteiger partial charge is 0.389 e. The maximum atomic E-state index is 12.8. The van der Waals surface area contributed by atoms with E-state index in [2.05, 4.69) is 20.3 Å². The number of aromatic amines is 1. The summed E-state index contributed by atoms with van der Waals surface area (Å²) in [5.41, 5.74) is 1.66. The number of aliphatic hydroxyl groups is 1. The Kier molecular flexibility index (Phi) is 4.55. The van der Waals surface area contributed by atoms with Gasteiger partial charge in [0.2, 0.25) is 0 Å². The second kappa shape index (κ2) is 7.16. The molecule has 3 N–H and O–H groups in total. The van der Waals surface area contributed by atoms with Crippen LogP contribution in [0.4, 0.5) is 0 Å². The molecule has 0 spiro atoms. The highest BCUT2D eigenvalue weighted by Gasteiger charge is 2.32. The van der Waals surface area contributed by atoms with Crippen LogP contribution in [0.5, 0.6) is 0 Å². The Morgan fingerprint density at radius 2 is 2.15 bits per heavy atom. The standard InChI is InChI=1S/C19H19N5O3/c25-17-11-24(19(27)13-2-1-12-3-5-21-15(12)9-13)8-4-14(17)23-18(26)16-10-20-6-7-22-16/h1-3,5-7,9-10,14,17,21,25H,4,8,11H2,(H,23,26)/t14-,17-/m1/s1. The summed E-state index contributed by atoms with van der Waals surface area (Å²) in [5, 5.41) is 14.2. The van der Waals surface area contributed by atoms with Crippen molar-refractivity contribution in [1.29, 1.82) is 0 Å². The van der Waals surface area contributed by atoms with Gasteiger partial charge in [-0.3, -0.25) is 14.6 Å². The third kappa shape index (κ3) is 3.52. The van der Waals surface area contributed by atoms with Crippen LogP contribution in [0.25, 0.3) is 10.9 Å². The zero-order valence-corrected chi connectivity index (χ0v) is 14.5. The number of carbonyl (C=O) groups excluding carboxylic acids is 2. The number of amides is 2. The first-order valence-electron chi connectivity index (χ1n) is 8.73. The Hall–Kier alpha value is -3.26. The topological polar surface area (TPSA) is 111 Å². The van der Waals surface area contributed by atoms with Gasteiger partial charge in [-0.25, -0.2) is 4.98 Å². The fraction of sp³-hybridized carbons (Fsp3) is 0.263. The Morgan fingerprint density at radius 1 is 1.26 bits per heavy atom. The fourth-order valence-corrected chi connectivity index (χ4v) is 3.31. The SMILES string of the molecule is O=C(N[C@@H]1CCN(C(=O)c2ccc3cc[nH]c3c2)C[C@H]1O)c1cnccn1. The summed E-state index contributed by atoms with van der Waals surface area (Å²) in [7, 11) is 0. The number of aliphatic hydroxyl groups excluding tert-OH is 1. The molecule has 1 fully saturated rings. The lowest BCUT2D eigenvalue weighted by molar-refractivity contribution is 0.0314. The van der Waals surface area contributed by atoms with Crippen LogP contribution < -0.4 is 5.32 Å². The van der Waals surface area contributed by atoms with Crippen molar-refractivity contribution in [3.63, 3.8) is 0 Å². The summed E-state index contributed by atoms with van der Waals surface area (Å²) in [6.07, 6.45) is 5.74. The highest BCUT2D eigenvalue weighted by molar-refractivity contribution is 5.98. The molecule has 4 rings (SSSR count). The number of H-pyrrole nitrogens is 1. The zero-order chi connectivity index (χ0) is 18.8. The van der Waals surface area contributed by atoms with Gasteiger partial charge < -0.3 is 20.3 Å². The third-order valence-electron chi connectivity index (χ3n) is 4.78. The smallest absolute Gasteiger partial charge is 0.271 e. The van der Waals surface area contributed by atoms with Crippen molar-refractivity contribution in [2.45, 2.75) is 18.6 Å². The first-order chi connectivity index (χ1) is 13.1. The molecule has 3 aromatic rings. The summed E-state index contributed by atoms with van der Waals surface area (Å²) in [6.45, 7) is 0.608. The van der Waals surface area contributed by atoms with Crippen molar-refractivity contribution in [3.05, 3.63) is 60.3 Å². The summed E-state index contributed by atoms with van der Waals surface area (Å²) >= 11 is 0. The minimum Gasteiger partial charge on any atom is -0.389 e. The number of β-amino-alcohol motifs (C(OH)–C–C–N with tert-alkyl or cyclic N) is 1. The molecule has 0 unspecified atom stereocenters. The fourth-order valence-electron chi connectivity index (χ4n) is 3.31. The number of nitrogens with one attached hydrogen (secondary N) is 2. The number of fused-ring (bicyclic) bond motifs is 1. The number of rotatable bonds is 3. The second-order valence-electron chi connectivity index (χ2n) is 6.56. The Labute approximate surface area is 155 Å². The van der Waals surface area contributed by atoms with Gasteiger partial charge in [-0.2, -0.15) is 0 Å². The highest BCUT2D eigenvalue weighted by Crippen LogP contribution is 2.19. The van der Waals surface area contributed by atoms with E-state index in [1.54, 1.807) is 11.0 Å². The molecule has 1 aromatic carbocycles. The van der Waals surface area contributed by atoms with E-state index in [1.165, 1.54) is 18.6 Å². The molecule has 3 heterocycles. The number of aromatic nitrogens is 3. The van der Waals surface area contributed by atoms with E-state index in [-0.39, 0.29) is 24.1 Å². The number of hydrogen-bond acceptors (Lipinski definition) is 5. The average Bonchev–Trinajstić information content (AvgIpc) is 3.17. The molecule has 8 nitrogen and oxygen atoms in total. The van der Waals surface area contributed by atoms with Crippen LogP contribution in [0.2, 0.25) is 0 Å². The van der Waals surface area contributed by atoms with Crippen LogP contribution >= 0.6 is 0 Å². The highest BCUT2D eigenvalue weighted by atomic mass is 16.3. The van der Waals surface area contributed by atoms with E-state index in [0.29, 0.717) is 18.5 Å². The normalized spacial score (nSPS) is 19.8. The number of benzene rings is 1. The van der Waals surface area contributed by atoms with Crippen molar-refractivity contribution >= 4 is 22.7 Å². The van der Waals surface area contributed by atoms with Crippen LogP contribution in [0.1, 0.15) is 27.3 Å². The first kappa shape index (κ1) is 17.2. The number of nitrogens with zero attached hydrogens (tertiary/aromatic N) is 3. The monoisotopic (exact) mass is 365 g/mol. The van der Waals surface area contributed by atoms with Gasteiger partial charge in [0.1, 0.15) is 5.69 Å². The molecular formula is C19H19N5O3. The molecule has 0 bridgehead atoms. The lowest BCUT2D eigenvalue weighted by Crippen LogP contribution is -2.55. The van der Waals surface area contributed by atoms with Gasteiger partial charge in [0, 0.05) is 42.8 Å². The van der Waals surface area contributed by atoms with Crippen LogP contribution in [-0.4, -0.2) is 62.0 Å². The number of likely N-dealkylation sites (tertiary alicyclic amines) is 1. The molecule has 138 valence electrons. The van der Waals surface area contributed by atoms with Crippen molar-refractivity contribution in [3.8, 4) is 0 Å². The number of hydrogen-bond donors (Lipinski definition) is 3. The second-order valence-corrected chi connectivity index (χ2v) is 6.56. The van der Waals surface area contributed by atoms with Crippen LogP contribution in [0, 0.1) is 0 Å². The Morgan fingerprint density at radius 3 is 2.93 bits per heavy atom. The van der Waals surface area contributed by atoms with E-state index in [1.807, 2.05) is 24.4 Å². The molecule has 27 heavy (non-hydrogen) atoms. The van der Waals surface area contributed by atoms with Gasteiger partial charge in [-0.1, -0.05) is 6.07 Å². The molecule has 1 saturated heterocycles. The maximum absolute atomic E-state index is 12.8. The molecule has 0 aliphatic carbocycles. The summed E-state index contributed by atoms with van der Waals surface area (Å²) in [4.78, 5) is 37.5. The quantitative estimate of drug-likeness (QED) is 0.640. The molecule has 8 heteroatoms. The van der Waals surface area contributed by atoms with Crippen LogP contribution in [0.3, 0.4) is 0 Å². The molecule has 2 amide bonds. The third-order valence-corrected chi connectivity index (χ3v) is 4.78. The van der Waals surface area contributed by atoms with E-state index >= 15 is 0 Å². The summed E-state index contributed by atoms with van der Waals surface area (Å²) in [5.74, 6) is -0.520. The average molecular weight is 365 g/mol. The molecule has 0 radical (unpaired) electrons. The lowest BCUT2D eigenvalue weighted by Gasteiger charge is -2.36. The molecular weight excluding hydrogens is 346 g/mol. The Bertz CT molecular complexity index is 972. The van der Waals surface area contributed by atoms with Crippen molar-refractivity contribution in [1.82, 2.24) is 25.2 Å². The molecule has 1 aliphatic rings. The van der Waals surface area contributed by atoms with Crippen molar-refractivity contribution < 1.29 is 14.7 Å². The molecule has 1 aliphatic heterocycles. The zero-order valence-electron chi connectivity index (χ0n) is 14.5. The van der Waals surface area contributed by atoms with E-state index in [0.717, 1.165) is 10.9 Å². The number of piperidine rings is 1. The maximum Gasteiger partial charge on any atom is 0.271 e. The van der Waals surface area contributed by atoms with Gasteiger partial charge in [0.05, 0.1) is 18.3 Å². The number of carbonyl (C=O) groups is 2. The lowest BCUT2D eigenvalue weighted by atomic mass is 10.0. The van der Waals surface area contributed by atoms with E-state index in [9.17, 15) is 14.7 Å². The van der Waals surface area contributed by atoms with Crippen molar-refractivity contribution in [2.75, 3.05) is 13.1 Å². The molecule has 2 atom stereocenters. The molecule has 2 aromatic heterocycles. The van der Waals surface area contributed by atoms with Gasteiger partial charge in [-0.05, 0) is 30.0 Å². The summed E-state index contributed by atoms with van der Waals surface area (Å²) < 4.78 is 0. The van der Waals surface area contributed by atoms with Crippen molar-refractivity contribution in [2.24, 2.45) is 0 Å². The minimum absolute atomic E-state index is 0.135. The minimum atomic E-state index is -0.849. The van der Waals surface area contributed by atoms with Crippen LogP contribution in [0.15, 0.2) is 49.1 Å². The van der Waals surface area contributed by atoms with Gasteiger partial charge in [0.25, 0.3) is 11.8 Å². The van der Waals surface area contributed by atoms with Gasteiger partial charge in [0.15, 0.2) is 0 Å². The first-order valence-corrected chi connectivity index (χ1v) is 8.73. The van der Waals surface area contributed by atoms with Crippen LogP contribution in [-0.2, 0) is 0 Å².